The van der Waals surface area contributed by atoms with Gasteiger partial charge in [0.15, 0.2) is 5.78 Å². The first-order chi connectivity index (χ1) is 7.70. The van der Waals surface area contributed by atoms with E-state index in [0.717, 1.165) is 19.5 Å². The Labute approximate surface area is 95.2 Å². The van der Waals surface area contributed by atoms with Crippen molar-refractivity contribution in [3.8, 4) is 0 Å². The third-order valence-corrected chi connectivity index (χ3v) is 3.16. The molecule has 5 heteroatoms. The van der Waals surface area contributed by atoms with Gasteiger partial charge in [-0.15, -0.1) is 5.10 Å². The molecule has 16 heavy (non-hydrogen) atoms. The van der Waals surface area contributed by atoms with E-state index < -0.39 is 0 Å². The van der Waals surface area contributed by atoms with Crippen molar-refractivity contribution in [2.75, 3.05) is 13.1 Å². The Hall–Kier alpha value is -1.23. The Morgan fingerprint density at radius 2 is 2.44 bits per heavy atom. The minimum absolute atomic E-state index is 0.105. The van der Waals surface area contributed by atoms with E-state index in [4.69, 9.17) is 0 Å². The van der Waals surface area contributed by atoms with E-state index in [9.17, 15) is 4.79 Å². The fourth-order valence-electron chi connectivity index (χ4n) is 1.61. The van der Waals surface area contributed by atoms with Crippen LogP contribution in [0.5, 0.6) is 0 Å². The normalized spacial score (nSPS) is 18.1. The number of hydrogen-bond donors (Lipinski definition) is 1. The van der Waals surface area contributed by atoms with Gasteiger partial charge in [-0.3, -0.25) is 4.79 Å². The molecule has 1 aliphatic heterocycles. The van der Waals surface area contributed by atoms with Crippen LogP contribution in [0.15, 0.2) is 6.20 Å². The Morgan fingerprint density at radius 3 is 3.00 bits per heavy atom. The summed E-state index contributed by atoms with van der Waals surface area (Å²) in [5.41, 5.74) is 0.507. The maximum Gasteiger partial charge on any atom is 0.184 e. The van der Waals surface area contributed by atoms with Crippen molar-refractivity contribution >= 4 is 5.78 Å². The van der Waals surface area contributed by atoms with Crippen molar-refractivity contribution in [3.63, 3.8) is 0 Å². The zero-order valence-electron chi connectivity index (χ0n) is 9.81. The number of Topliss-reactive ketones (excluding diaryl/α,β-unsaturated/α-hetero) is 1. The lowest BCUT2D eigenvalue weighted by Gasteiger charge is -2.26. The zero-order valence-corrected chi connectivity index (χ0v) is 9.81. The number of rotatable bonds is 5. The predicted molar refractivity (Wildman–Crippen MR) is 60.3 cm³/mol. The van der Waals surface area contributed by atoms with Crippen LogP contribution < -0.4 is 5.32 Å². The van der Waals surface area contributed by atoms with E-state index >= 15 is 0 Å². The third-order valence-electron chi connectivity index (χ3n) is 3.16. The van der Waals surface area contributed by atoms with Crippen LogP contribution in [0, 0.1) is 5.92 Å². The van der Waals surface area contributed by atoms with Gasteiger partial charge >= 0.3 is 0 Å². The van der Waals surface area contributed by atoms with Crippen LogP contribution in [-0.4, -0.2) is 33.9 Å². The SMILES string of the molecule is CCC(C)CC(=O)c1cn(C2CNC2)nn1. The second-order valence-electron chi connectivity index (χ2n) is 4.54. The van der Waals surface area contributed by atoms with Crippen LogP contribution in [0.4, 0.5) is 0 Å². The highest BCUT2D eigenvalue weighted by molar-refractivity contribution is 5.93. The molecular weight excluding hydrogens is 204 g/mol. The highest BCUT2D eigenvalue weighted by atomic mass is 16.1. The summed E-state index contributed by atoms with van der Waals surface area (Å²) in [6.45, 7) is 6.01. The molecule has 1 saturated heterocycles. The van der Waals surface area contributed by atoms with Gasteiger partial charge in [-0.2, -0.15) is 0 Å². The van der Waals surface area contributed by atoms with Crippen LogP contribution >= 0.6 is 0 Å². The van der Waals surface area contributed by atoms with Gasteiger partial charge in [-0.05, 0) is 5.92 Å². The number of ketones is 1. The predicted octanol–water partition coefficient (Wildman–Crippen LogP) is 1.04. The molecule has 5 nitrogen and oxygen atoms in total. The maximum atomic E-state index is 11.8. The lowest BCUT2D eigenvalue weighted by molar-refractivity contribution is 0.0958. The van der Waals surface area contributed by atoms with Gasteiger partial charge < -0.3 is 5.32 Å². The number of hydrogen-bond acceptors (Lipinski definition) is 4. The van der Waals surface area contributed by atoms with E-state index in [1.807, 2.05) is 0 Å². The molecule has 1 aromatic rings. The second-order valence-corrected chi connectivity index (χ2v) is 4.54. The number of carbonyl (C=O) groups is 1. The van der Waals surface area contributed by atoms with Crippen LogP contribution in [0.3, 0.4) is 0 Å². The molecule has 2 heterocycles. The minimum atomic E-state index is 0.105. The van der Waals surface area contributed by atoms with Crippen LogP contribution in [0.25, 0.3) is 0 Å². The summed E-state index contributed by atoms with van der Waals surface area (Å²) < 4.78 is 1.79. The van der Waals surface area contributed by atoms with Gasteiger partial charge in [0.2, 0.25) is 0 Å². The Morgan fingerprint density at radius 1 is 1.69 bits per heavy atom. The van der Waals surface area contributed by atoms with Gasteiger partial charge in [0.05, 0.1) is 12.2 Å². The van der Waals surface area contributed by atoms with Crippen molar-refractivity contribution in [1.82, 2.24) is 20.3 Å². The monoisotopic (exact) mass is 222 g/mol. The maximum absolute atomic E-state index is 11.8. The van der Waals surface area contributed by atoms with Crippen molar-refractivity contribution in [3.05, 3.63) is 11.9 Å². The summed E-state index contributed by atoms with van der Waals surface area (Å²) in [7, 11) is 0. The smallest absolute Gasteiger partial charge is 0.184 e. The summed E-state index contributed by atoms with van der Waals surface area (Å²) in [5, 5.41) is 11.1. The molecule has 0 aromatic carbocycles. The summed E-state index contributed by atoms with van der Waals surface area (Å²) in [6.07, 6.45) is 3.36. The number of aromatic nitrogens is 3. The summed E-state index contributed by atoms with van der Waals surface area (Å²) >= 11 is 0. The Kier molecular flexibility index (Phi) is 3.33. The average Bonchev–Trinajstić information content (AvgIpc) is 2.64. The average molecular weight is 222 g/mol. The molecular formula is C11H18N4O. The number of nitrogens with zero attached hydrogens (tertiary/aromatic N) is 3. The highest BCUT2D eigenvalue weighted by Gasteiger charge is 2.21. The molecule has 1 N–H and O–H groups in total. The van der Waals surface area contributed by atoms with Gasteiger partial charge in [-0.1, -0.05) is 25.5 Å². The molecule has 0 amide bonds. The first-order valence-corrected chi connectivity index (χ1v) is 5.86. The van der Waals surface area contributed by atoms with Crippen molar-refractivity contribution in [2.24, 2.45) is 5.92 Å². The van der Waals surface area contributed by atoms with E-state index in [1.165, 1.54) is 0 Å². The third kappa shape index (κ3) is 2.29. The van der Waals surface area contributed by atoms with Crippen molar-refractivity contribution in [2.45, 2.75) is 32.7 Å². The molecule has 2 rings (SSSR count). The fraction of sp³-hybridized carbons (Fsp3) is 0.727. The molecule has 88 valence electrons. The van der Waals surface area contributed by atoms with Crippen molar-refractivity contribution in [1.29, 1.82) is 0 Å². The van der Waals surface area contributed by atoms with E-state index in [0.29, 0.717) is 24.1 Å². The van der Waals surface area contributed by atoms with Gasteiger partial charge in [0.1, 0.15) is 5.69 Å². The quantitative estimate of drug-likeness (QED) is 0.756. The Balaban J connectivity index is 1.97. The van der Waals surface area contributed by atoms with Gasteiger partial charge in [-0.25, -0.2) is 4.68 Å². The molecule has 1 aliphatic rings. The number of carbonyl (C=O) groups excluding carboxylic acids is 1. The molecule has 0 radical (unpaired) electrons. The Bertz CT molecular complexity index is 370. The second kappa shape index (κ2) is 4.74. The fourth-order valence-corrected chi connectivity index (χ4v) is 1.61. The molecule has 1 unspecified atom stereocenters. The van der Waals surface area contributed by atoms with E-state index in [1.54, 1.807) is 10.9 Å². The van der Waals surface area contributed by atoms with E-state index in [-0.39, 0.29) is 5.78 Å². The largest absolute Gasteiger partial charge is 0.312 e. The molecule has 0 aliphatic carbocycles. The summed E-state index contributed by atoms with van der Waals surface area (Å²) in [6, 6.07) is 0.373. The highest BCUT2D eigenvalue weighted by Crippen LogP contribution is 2.13. The van der Waals surface area contributed by atoms with Crippen LogP contribution in [-0.2, 0) is 0 Å². The molecule has 0 spiro atoms. The van der Waals surface area contributed by atoms with Crippen LogP contribution in [0.2, 0.25) is 0 Å². The molecule has 1 aromatic heterocycles. The standard InChI is InChI=1S/C11H18N4O/c1-3-8(2)4-11(16)10-7-15(14-13-10)9-5-12-6-9/h7-9,12H,3-6H2,1-2H3. The first-order valence-electron chi connectivity index (χ1n) is 5.86. The number of nitrogens with one attached hydrogen (secondary N) is 1. The summed E-state index contributed by atoms with van der Waals surface area (Å²) in [5.74, 6) is 0.524. The van der Waals surface area contributed by atoms with Crippen LogP contribution in [0.1, 0.15) is 43.2 Å². The van der Waals surface area contributed by atoms with Crippen molar-refractivity contribution < 1.29 is 4.79 Å². The lowest BCUT2D eigenvalue weighted by atomic mass is 10.0. The minimum Gasteiger partial charge on any atom is -0.312 e. The lowest BCUT2D eigenvalue weighted by Crippen LogP contribution is -2.43. The molecule has 1 fully saturated rings. The van der Waals surface area contributed by atoms with Gasteiger partial charge in [0.25, 0.3) is 0 Å². The zero-order chi connectivity index (χ0) is 11.5. The van der Waals surface area contributed by atoms with E-state index in [2.05, 4.69) is 29.5 Å². The molecule has 0 saturated carbocycles. The van der Waals surface area contributed by atoms with Gasteiger partial charge in [0, 0.05) is 19.5 Å². The first kappa shape index (κ1) is 11.3. The summed E-state index contributed by atoms with van der Waals surface area (Å²) in [4.78, 5) is 11.8. The topological polar surface area (TPSA) is 59.8 Å². The molecule has 1 atom stereocenters. The molecule has 0 bridgehead atoms.